The predicted octanol–water partition coefficient (Wildman–Crippen LogP) is 3.86. The SMILES string of the molecule is Cc1cc(C)cc(NC(=O)c2cc(NC(=O)CCc3ccccc3)n(C)n2)c1. The van der Waals surface area contributed by atoms with Gasteiger partial charge in [0.25, 0.3) is 5.91 Å². The third-order valence-electron chi connectivity index (χ3n) is 4.34. The van der Waals surface area contributed by atoms with E-state index < -0.39 is 0 Å². The first-order valence-corrected chi connectivity index (χ1v) is 9.18. The van der Waals surface area contributed by atoms with Crippen LogP contribution in [0.2, 0.25) is 0 Å². The highest BCUT2D eigenvalue weighted by Crippen LogP contribution is 2.16. The third kappa shape index (κ3) is 5.07. The maximum atomic E-state index is 12.5. The number of carbonyl (C=O) groups is 2. The van der Waals surface area contributed by atoms with Crippen LogP contribution < -0.4 is 10.6 Å². The second kappa shape index (κ2) is 8.52. The Labute approximate surface area is 164 Å². The van der Waals surface area contributed by atoms with Crippen LogP contribution in [0.15, 0.2) is 54.6 Å². The molecule has 0 unspecified atom stereocenters. The van der Waals surface area contributed by atoms with E-state index in [9.17, 15) is 9.59 Å². The van der Waals surface area contributed by atoms with Crippen molar-refractivity contribution in [3.63, 3.8) is 0 Å². The van der Waals surface area contributed by atoms with Gasteiger partial charge in [0.05, 0.1) is 0 Å². The number of amides is 2. The van der Waals surface area contributed by atoms with E-state index in [4.69, 9.17) is 0 Å². The molecule has 0 saturated heterocycles. The summed E-state index contributed by atoms with van der Waals surface area (Å²) in [5.41, 5.74) is 4.23. The van der Waals surface area contributed by atoms with Gasteiger partial charge in [0, 0.05) is 25.2 Å². The van der Waals surface area contributed by atoms with E-state index >= 15 is 0 Å². The molecule has 0 fully saturated rings. The maximum absolute atomic E-state index is 12.5. The van der Waals surface area contributed by atoms with E-state index in [0.29, 0.717) is 18.7 Å². The summed E-state index contributed by atoms with van der Waals surface area (Å²) in [6.07, 6.45) is 1.02. The molecule has 3 rings (SSSR count). The Morgan fingerprint density at radius 2 is 1.64 bits per heavy atom. The minimum Gasteiger partial charge on any atom is -0.321 e. The lowest BCUT2D eigenvalue weighted by atomic mass is 10.1. The first-order valence-electron chi connectivity index (χ1n) is 9.18. The normalized spacial score (nSPS) is 10.5. The number of aromatic nitrogens is 2. The second-order valence-corrected chi connectivity index (χ2v) is 6.90. The van der Waals surface area contributed by atoms with Crippen LogP contribution in [-0.2, 0) is 18.3 Å². The van der Waals surface area contributed by atoms with E-state index in [1.807, 2.05) is 62.4 Å². The Balaban J connectivity index is 1.62. The summed E-state index contributed by atoms with van der Waals surface area (Å²) in [6.45, 7) is 3.96. The smallest absolute Gasteiger partial charge is 0.276 e. The number of nitrogens with zero attached hydrogens (tertiary/aromatic N) is 2. The molecule has 1 heterocycles. The minimum atomic E-state index is -0.314. The summed E-state index contributed by atoms with van der Waals surface area (Å²) < 4.78 is 1.50. The largest absolute Gasteiger partial charge is 0.321 e. The van der Waals surface area contributed by atoms with Crippen LogP contribution in [0.4, 0.5) is 11.5 Å². The lowest BCUT2D eigenvalue weighted by Gasteiger charge is -2.05. The van der Waals surface area contributed by atoms with Gasteiger partial charge in [-0.25, -0.2) is 0 Å². The fraction of sp³-hybridized carbons (Fsp3) is 0.227. The molecule has 0 radical (unpaired) electrons. The summed E-state index contributed by atoms with van der Waals surface area (Å²) in [5.74, 6) is 0.0575. The monoisotopic (exact) mass is 376 g/mol. The first-order chi connectivity index (χ1) is 13.4. The molecular formula is C22H24N4O2. The van der Waals surface area contributed by atoms with Gasteiger partial charge in [0.1, 0.15) is 5.82 Å². The topological polar surface area (TPSA) is 76.0 Å². The van der Waals surface area contributed by atoms with Gasteiger partial charge in [-0.05, 0) is 49.1 Å². The summed E-state index contributed by atoms with van der Waals surface area (Å²) in [4.78, 5) is 24.7. The number of hydrogen-bond acceptors (Lipinski definition) is 3. The van der Waals surface area contributed by atoms with Gasteiger partial charge in [-0.15, -0.1) is 0 Å². The van der Waals surface area contributed by atoms with Gasteiger partial charge in [0.15, 0.2) is 5.69 Å². The number of benzene rings is 2. The molecule has 1 aromatic heterocycles. The molecule has 3 aromatic rings. The number of rotatable bonds is 6. The second-order valence-electron chi connectivity index (χ2n) is 6.90. The molecule has 0 spiro atoms. The van der Waals surface area contributed by atoms with Gasteiger partial charge < -0.3 is 10.6 Å². The van der Waals surface area contributed by atoms with Crippen molar-refractivity contribution >= 4 is 23.3 Å². The standard InChI is InChI=1S/C22H24N4O2/c1-15-11-16(2)13-18(12-15)23-22(28)19-14-20(26(3)25-19)24-21(27)10-9-17-7-5-4-6-8-17/h4-8,11-14H,9-10H2,1-3H3,(H,23,28)(H,24,27). The molecule has 0 bridgehead atoms. The minimum absolute atomic E-state index is 0.117. The number of aryl methyl sites for hydroxylation is 4. The van der Waals surface area contributed by atoms with E-state index in [2.05, 4.69) is 15.7 Å². The number of nitrogens with one attached hydrogen (secondary N) is 2. The van der Waals surface area contributed by atoms with Crippen LogP contribution in [0.25, 0.3) is 0 Å². The van der Waals surface area contributed by atoms with E-state index in [1.165, 1.54) is 4.68 Å². The average molecular weight is 376 g/mol. The Kier molecular flexibility index (Phi) is 5.89. The Morgan fingerprint density at radius 1 is 0.964 bits per heavy atom. The molecule has 0 aliphatic rings. The van der Waals surface area contributed by atoms with Crippen molar-refractivity contribution in [3.05, 3.63) is 77.0 Å². The molecule has 0 saturated carbocycles. The van der Waals surface area contributed by atoms with Crippen LogP contribution in [0, 0.1) is 13.8 Å². The third-order valence-corrected chi connectivity index (χ3v) is 4.34. The molecule has 28 heavy (non-hydrogen) atoms. The molecule has 6 nitrogen and oxygen atoms in total. The molecule has 0 aliphatic carbocycles. The first kappa shape index (κ1) is 19.4. The number of hydrogen-bond donors (Lipinski definition) is 2. The predicted molar refractivity (Wildman–Crippen MR) is 110 cm³/mol. The molecular weight excluding hydrogens is 352 g/mol. The molecule has 2 amide bonds. The van der Waals surface area contributed by atoms with Crippen molar-refractivity contribution in [2.75, 3.05) is 10.6 Å². The van der Waals surface area contributed by atoms with Crippen molar-refractivity contribution in [2.24, 2.45) is 7.05 Å². The average Bonchev–Trinajstić information content (AvgIpc) is 3.01. The van der Waals surface area contributed by atoms with Gasteiger partial charge in [-0.3, -0.25) is 14.3 Å². The van der Waals surface area contributed by atoms with Crippen molar-refractivity contribution in [1.82, 2.24) is 9.78 Å². The number of anilines is 2. The van der Waals surface area contributed by atoms with Crippen molar-refractivity contribution in [1.29, 1.82) is 0 Å². The summed E-state index contributed by atoms with van der Waals surface area (Å²) in [7, 11) is 1.69. The van der Waals surface area contributed by atoms with Gasteiger partial charge >= 0.3 is 0 Å². The van der Waals surface area contributed by atoms with Crippen LogP contribution in [0.1, 0.15) is 33.6 Å². The zero-order valence-corrected chi connectivity index (χ0v) is 16.3. The lowest BCUT2D eigenvalue weighted by molar-refractivity contribution is -0.116. The Bertz CT molecular complexity index is 973. The summed E-state index contributed by atoms with van der Waals surface area (Å²) in [5, 5.41) is 9.89. The molecule has 0 atom stereocenters. The molecule has 6 heteroatoms. The highest BCUT2D eigenvalue weighted by atomic mass is 16.2. The van der Waals surface area contributed by atoms with Crippen LogP contribution in [0.3, 0.4) is 0 Å². The van der Waals surface area contributed by atoms with Crippen molar-refractivity contribution in [2.45, 2.75) is 26.7 Å². The van der Waals surface area contributed by atoms with E-state index in [0.717, 1.165) is 22.4 Å². The lowest BCUT2D eigenvalue weighted by Crippen LogP contribution is -2.14. The Morgan fingerprint density at radius 3 is 2.32 bits per heavy atom. The van der Waals surface area contributed by atoms with Crippen molar-refractivity contribution < 1.29 is 9.59 Å². The summed E-state index contributed by atoms with van der Waals surface area (Å²) in [6, 6.07) is 17.3. The van der Waals surface area contributed by atoms with Crippen LogP contribution >= 0.6 is 0 Å². The van der Waals surface area contributed by atoms with E-state index in [-0.39, 0.29) is 17.5 Å². The zero-order valence-electron chi connectivity index (χ0n) is 16.3. The highest BCUT2D eigenvalue weighted by Gasteiger charge is 2.15. The maximum Gasteiger partial charge on any atom is 0.276 e. The molecule has 0 aliphatic heterocycles. The zero-order chi connectivity index (χ0) is 20.1. The number of carbonyl (C=O) groups excluding carboxylic acids is 2. The van der Waals surface area contributed by atoms with Gasteiger partial charge in [-0.1, -0.05) is 36.4 Å². The molecule has 2 N–H and O–H groups in total. The van der Waals surface area contributed by atoms with Crippen molar-refractivity contribution in [3.8, 4) is 0 Å². The fourth-order valence-corrected chi connectivity index (χ4v) is 3.05. The van der Waals surface area contributed by atoms with Crippen LogP contribution in [0.5, 0.6) is 0 Å². The van der Waals surface area contributed by atoms with E-state index in [1.54, 1.807) is 13.1 Å². The van der Waals surface area contributed by atoms with Gasteiger partial charge in [-0.2, -0.15) is 5.10 Å². The van der Waals surface area contributed by atoms with Crippen LogP contribution in [-0.4, -0.2) is 21.6 Å². The Hall–Kier alpha value is -3.41. The molecule has 144 valence electrons. The summed E-state index contributed by atoms with van der Waals surface area (Å²) >= 11 is 0. The highest BCUT2D eigenvalue weighted by molar-refractivity contribution is 6.04. The van der Waals surface area contributed by atoms with Gasteiger partial charge in [0.2, 0.25) is 5.91 Å². The fourth-order valence-electron chi connectivity index (χ4n) is 3.05. The quantitative estimate of drug-likeness (QED) is 0.686. The molecule has 2 aromatic carbocycles.